The van der Waals surface area contributed by atoms with E-state index < -0.39 is 5.60 Å². The van der Waals surface area contributed by atoms with Gasteiger partial charge >= 0.3 is 0 Å². The molecule has 0 aromatic carbocycles. The molecule has 0 bridgehead atoms. The van der Waals surface area contributed by atoms with Crippen LogP contribution in [0.1, 0.15) is 33.6 Å². The number of hydrogen-bond acceptors (Lipinski definition) is 2. The molecule has 1 unspecified atom stereocenters. The molecule has 0 fully saturated rings. The molecule has 0 rings (SSSR count). The lowest BCUT2D eigenvalue weighted by Crippen LogP contribution is -2.40. The van der Waals surface area contributed by atoms with Crippen molar-refractivity contribution in [1.82, 2.24) is 5.32 Å². The van der Waals surface area contributed by atoms with E-state index in [2.05, 4.69) is 25.1 Å². The van der Waals surface area contributed by atoms with Gasteiger partial charge in [0, 0.05) is 19.0 Å². The molecule has 0 amide bonds. The molecular formula is C10H19NO. The Labute approximate surface area is 75.4 Å². The Morgan fingerprint density at radius 3 is 2.58 bits per heavy atom. The smallest absolute Gasteiger partial charge is 0.0752 e. The third-order valence-corrected chi connectivity index (χ3v) is 1.70. The van der Waals surface area contributed by atoms with Gasteiger partial charge in [-0.1, -0.05) is 13.8 Å². The number of nitrogens with one attached hydrogen (secondary N) is 1. The largest absolute Gasteiger partial charge is 0.389 e. The van der Waals surface area contributed by atoms with Crippen LogP contribution in [0.3, 0.4) is 0 Å². The first-order valence-corrected chi connectivity index (χ1v) is 4.37. The van der Waals surface area contributed by atoms with E-state index in [0.717, 1.165) is 0 Å². The van der Waals surface area contributed by atoms with Crippen molar-refractivity contribution >= 4 is 0 Å². The standard InChI is InChI=1S/C10H19NO/c1-5-6-7-10(4,12)8-11-9(2)3/h1,9,11-12H,6-8H2,2-4H3. The second-order valence-electron chi connectivity index (χ2n) is 3.74. The topological polar surface area (TPSA) is 32.3 Å². The molecule has 2 heteroatoms. The lowest BCUT2D eigenvalue weighted by molar-refractivity contribution is 0.0504. The fraction of sp³-hybridized carbons (Fsp3) is 0.800. The summed E-state index contributed by atoms with van der Waals surface area (Å²) in [4.78, 5) is 0. The van der Waals surface area contributed by atoms with Gasteiger partial charge in [0.2, 0.25) is 0 Å². The minimum Gasteiger partial charge on any atom is -0.389 e. The quantitative estimate of drug-likeness (QED) is 0.605. The van der Waals surface area contributed by atoms with E-state index in [0.29, 0.717) is 25.4 Å². The molecule has 0 radical (unpaired) electrons. The third kappa shape index (κ3) is 6.21. The van der Waals surface area contributed by atoms with E-state index in [1.807, 2.05) is 0 Å². The summed E-state index contributed by atoms with van der Waals surface area (Å²) in [5, 5.41) is 12.9. The predicted molar refractivity (Wildman–Crippen MR) is 51.8 cm³/mol. The van der Waals surface area contributed by atoms with Gasteiger partial charge in [-0.25, -0.2) is 0 Å². The molecule has 0 aromatic heterocycles. The van der Waals surface area contributed by atoms with Gasteiger partial charge in [0.1, 0.15) is 0 Å². The average Bonchev–Trinajstić information content (AvgIpc) is 1.98. The highest BCUT2D eigenvalue weighted by molar-refractivity contribution is 4.88. The molecule has 0 saturated carbocycles. The van der Waals surface area contributed by atoms with Crippen LogP contribution >= 0.6 is 0 Å². The maximum Gasteiger partial charge on any atom is 0.0752 e. The Bertz CT molecular complexity index is 156. The van der Waals surface area contributed by atoms with Crippen LogP contribution in [0.15, 0.2) is 0 Å². The number of hydrogen-bond donors (Lipinski definition) is 2. The highest BCUT2D eigenvalue weighted by Gasteiger charge is 2.18. The van der Waals surface area contributed by atoms with Gasteiger partial charge in [-0.05, 0) is 13.3 Å². The molecule has 0 aliphatic carbocycles. The first kappa shape index (κ1) is 11.5. The second kappa shape index (κ2) is 5.18. The minimum absolute atomic E-state index is 0.405. The summed E-state index contributed by atoms with van der Waals surface area (Å²) in [6, 6.07) is 0.405. The molecule has 0 aromatic rings. The zero-order chi connectivity index (χ0) is 9.61. The summed E-state index contributed by atoms with van der Waals surface area (Å²) in [7, 11) is 0. The van der Waals surface area contributed by atoms with Crippen LogP contribution in [0, 0.1) is 12.3 Å². The van der Waals surface area contributed by atoms with Crippen molar-refractivity contribution in [1.29, 1.82) is 0 Å². The summed E-state index contributed by atoms with van der Waals surface area (Å²) in [5.74, 6) is 2.52. The maximum atomic E-state index is 9.74. The summed E-state index contributed by atoms with van der Waals surface area (Å²) < 4.78 is 0. The first-order chi connectivity index (χ1) is 5.48. The van der Waals surface area contributed by atoms with Crippen molar-refractivity contribution in [3.8, 4) is 12.3 Å². The predicted octanol–water partition coefficient (Wildman–Crippen LogP) is 1.15. The molecule has 2 nitrogen and oxygen atoms in total. The minimum atomic E-state index is -0.670. The van der Waals surface area contributed by atoms with Crippen LogP contribution in [-0.2, 0) is 0 Å². The molecule has 0 aliphatic rings. The summed E-state index contributed by atoms with van der Waals surface area (Å²) in [6.07, 6.45) is 6.40. The highest BCUT2D eigenvalue weighted by Crippen LogP contribution is 2.09. The van der Waals surface area contributed by atoms with Crippen LogP contribution in [0.4, 0.5) is 0 Å². The molecule has 0 saturated heterocycles. The molecule has 2 N–H and O–H groups in total. The van der Waals surface area contributed by atoms with Gasteiger partial charge in [-0.2, -0.15) is 0 Å². The molecule has 0 spiro atoms. The van der Waals surface area contributed by atoms with Crippen LogP contribution in [-0.4, -0.2) is 23.3 Å². The Morgan fingerprint density at radius 2 is 2.17 bits per heavy atom. The van der Waals surface area contributed by atoms with Crippen molar-refractivity contribution in [2.75, 3.05) is 6.54 Å². The van der Waals surface area contributed by atoms with Gasteiger partial charge < -0.3 is 10.4 Å². The number of aliphatic hydroxyl groups is 1. The van der Waals surface area contributed by atoms with Crippen molar-refractivity contribution in [3.05, 3.63) is 0 Å². The Morgan fingerprint density at radius 1 is 1.58 bits per heavy atom. The molecule has 12 heavy (non-hydrogen) atoms. The average molecular weight is 169 g/mol. The molecule has 1 atom stereocenters. The lowest BCUT2D eigenvalue weighted by atomic mass is 10.0. The fourth-order valence-electron chi connectivity index (χ4n) is 0.854. The second-order valence-corrected chi connectivity index (χ2v) is 3.74. The molecule has 0 aliphatic heterocycles. The summed E-state index contributed by atoms with van der Waals surface area (Å²) in [6.45, 7) is 6.51. The summed E-state index contributed by atoms with van der Waals surface area (Å²) in [5.41, 5.74) is -0.670. The maximum absolute atomic E-state index is 9.74. The Kier molecular flexibility index (Phi) is 4.96. The Balaban J connectivity index is 3.65. The lowest BCUT2D eigenvalue weighted by Gasteiger charge is -2.24. The van der Waals surface area contributed by atoms with Crippen LogP contribution in [0.5, 0.6) is 0 Å². The Hall–Kier alpha value is -0.520. The fourth-order valence-corrected chi connectivity index (χ4v) is 0.854. The third-order valence-electron chi connectivity index (χ3n) is 1.70. The monoisotopic (exact) mass is 169 g/mol. The van der Waals surface area contributed by atoms with Gasteiger partial charge in [0.25, 0.3) is 0 Å². The van der Waals surface area contributed by atoms with E-state index in [9.17, 15) is 5.11 Å². The molecular weight excluding hydrogens is 150 g/mol. The van der Waals surface area contributed by atoms with E-state index in [1.54, 1.807) is 6.92 Å². The van der Waals surface area contributed by atoms with Crippen LogP contribution in [0.25, 0.3) is 0 Å². The van der Waals surface area contributed by atoms with E-state index in [1.165, 1.54) is 0 Å². The van der Waals surface area contributed by atoms with Crippen LogP contribution < -0.4 is 5.32 Å². The van der Waals surface area contributed by atoms with Crippen molar-refractivity contribution in [3.63, 3.8) is 0 Å². The molecule has 70 valence electrons. The normalized spacial score (nSPS) is 15.7. The van der Waals surface area contributed by atoms with Crippen molar-refractivity contribution in [2.45, 2.75) is 45.3 Å². The van der Waals surface area contributed by atoms with Crippen molar-refractivity contribution in [2.24, 2.45) is 0 Å². The van der Waals surface area contributed by atoms with E-state index in [4.69, 9.17) is 6.42 Å². The summed E-state index contributed by atoms with van der Waals surface area (Å²) >= 11 is 0. The number of rotatable bonds is 5. The van der Waals surface area contributed by atoms with Crippen LogP contribution in [0.2, 0.25) is 0 Å². The van der Waals surface area contributed by atoms with E-state index >= 15 is 0 Å². The SMILES string of the molecule is C#CCCC(C)(O)CNC(C)C. The van der Waals surface area contributed by atoms with Crippen molar-refractivity contribution < 1.29 is 5.11 Å². The van der Waals surface area contributed by atoms with Gasteiger partial charge in [-0.3, -0.25) is 0 Å². The zero-order valence-corrected chi connectivity index (χ0v) is 8.22. The molecule has 0 heterocycles. The zero-order valence-electron chi connectivity index (χ0n) is 8.22. The van der Waals surface area contributed by atoms with E-state index in [-0.39, 0.29) is 0 Å². The van der Waals surface area contributed by atoms with Gasteiger partial charge in [0.15, 0.2) is 0 Å². The van der Waals surface area contributed by atoms with Gasteiger partial charge in [-0.15, -0.1) is 12.3 Å². The van der Waals surface area contributed by atoms with Gasteiger partial charge in [0.05, 0.1) is 5.60 Å². The highest BCUT2D eigenvalue weighted by atomic mass is 16.3. The number of terminal acetylenes is 1. The first-order valence-electron chi connectivity index (χ1n) is 4.37.